The van der Waals surface area contributed by atoms with E-state index in [0.717, 1.165) is 11.3 Å². The third kappa shape index (κ3) is 4.56. The van der Waals surface area contributed by atoms with Gasteiger partial charge in [-0.3, -0.25) is 4.79 Å². The second-order valence-corrected chi connectivity index (χ2v) is 6.28. The van der Waals surface area contributed by atoms with Crippen LogP contribution in [-0.2, 0) is 27.5 Å². The highest BCUT2D eigenvalue weighted by molar-refractivity contribution is 5.96. The van der Waals surface area contributed by atoms with Crippen molar-refractivity contribution in [2.24, 2.45) is 0 Å². The molecular weight excluding hydrogens is 350 g/mol. The van der Waals surface area contributed by atoms with E-state index in [1.54, 1.807) is 36.1 Å². The minimum Gasteiger partial charge on any atom is -0.460 e. The Bertz CT molecular complexity index is 782. The van der Waals surface area contributed by atoms with Gasteiger partial charge < -0.3 is 23.9 Å². The summed E-state index contributed by atoms with van der Waals surface area (Å²) in [6.45, 7) is 2.56. The smallest absolute Gasteiger partial charge is 0.374 e. The fourth-order valence-corrected chi connectivity index (χ4v) is 3.08. The van der Waals surface area contributed by atoms with Crippen LogP contribution in [0.5, 0.6) is 0 Å². The number of hydrogen-bond acceptors (Lipinski definition) is 6. The molecule has 1 aromatic carbocycles. The standard InChI is InChI=1S/C20H23NO6/c1-2-26-20(24)18-9-8-17(27-18)13-25-12-16-7-10-19(23)21(16)15-5-3-14(11-22)4-6-15/h3-6,8-9,16,22H,2,7,10-13H2,1H3. The number of furan rings is 1. The van der Waals surface area contributed by atoms with Crippen molar-refractivity contribution in [3.05, 3.63) is 53.5 Å². The largest absolute Gasteiger partial charge is 0.460 e. The van der Waals surface area contributed by atoms with Crippen LogP contribution in [0.1, 0.15) is 41.6 Å². The number of carbonyl (C=O) groups is 2. The van der Waals surface area contributed by atoms with Crippen molar-refractivity contribution in [3.63, 3.8) is 0 Å². The van der Waals surface area contributed by atoms with Gasteiger partial charge in [0.2, 0.25) is 11.7 Å². The van der Waals surface area contributed by atoms with Crippen molar-refractivity contribution in [3.8, 4) is 0 Å². The van der Waals surface area contributed by atoms with E-state index in [1.807, 2.05) is 12.1 Å². The first-order valence-electron chi connectivity index (χ1n) is 8.97. The number of aliphatic hydroxyl groups excluding tert-OH is 1. The second-order valence-electron chi connectivity index (χ2n) is 6.28. The molecule has 2 aromatic rings. The zero-order valence-corrected chi connectivity index (χ0v) is 15.2. The zero-order valence-electron chi connectivity index (χ0n) is 15.2. The third-order valence-electron chi connectivity index (χ3n) is 4.42. The van der Waals surface area contributed by atoms with Crippen molar-refractivity contribution < 1.29 is 28.6 Å². The van der Waals surface area contributed by atoms with Crippen LogP contribution >= 0.6 is 0 Å². The van der Waals surface area contributed by atoms with Crippen LogP contribution in [0.3, 0.4) is 0 Å². The molecule has 27 heavy (non-hydrogen) atoms. The van der Waals surface area contributed by atoms with E-state index in [-0.39, 0.29) is 37.5 Å². The average Bonchev–Trinajstić information content (AvgIpc) is 3.29. The van der Waals surface area contributed by atoms with Gasteiger partial charge in [0.25, 0.3) is 0 Å². The molecule has 0 saturated carbocycles. The Morgan fingerprint density at radius 3 is 2.74 bits per heavy atom. The van der Waals surface area contributed by atoms with Crippen molar-refractivity contribution in [2.45, 2.75) is 39.0 Å². The Morgan fingerprint density at radius 1 is 1.26 bits per heavy atom. The minimum atomic E-state index is -0.498. The number of anilines is 1. The maximum atomic E-state index is 12.3. The maximum Gasteiger partial charge on any atom is 0.374 e. The first-order chi connectivity index (χ1) is 13.1. The average molecular weight is 373 g/mol. The predicted octanol–water partition coefficient (Wildman–Crippen LogP) is 2.66. The molecular formula is C20H23NO6. The molecule has 2 heterocycles. The highest BCUT2D eigenvalue weighted by atomic mass is 16.5. The first kappa shape index (κ1) is 19.1. The molecule has 0 radical (unpaired) electrons. The van der Waals surface area contributed by atoms with E-state index in [2.05, 4.69) is 0 Å². The molecule has 1 aromatic heterocycles. The number of hydrogen-bond donors (Lipinski definition) is 1. The molecule has 7 nitrogen and oxygen atoms in total. The van der Waals surface area contributed by atoms with Crippen LogP contribution in [0.25, 0.3) is 0 Å². The quantitative estimate of drug-likeness (QED) is 0.716. The van der Waals surface area contributed by atoms with Gasteiger partial charge in [0, 0.05) is 12.1 Å². The van der Waals surface area contributed by atoms with Gasteiger partial charge in [-0.05, 0) is 43.2 Å². The predicted molar refractivity (Wildman–Crippen MR) is 97.2 cm³/mol. The van der Waals surface area contributed by atoms with E-state index in [9.17, 15) is 9.59 Å². The Balaban J connectivity index is 1.56. The molecule has 1 unspecified atom stereocenters. The van der Waals surface area contributed by atoms with Crippen LogP contribution in [0.15, 0.2) is 40.8 Å². The fraction of sp³-hybridized carbons (Fsp3) is 0.400. The lowest BCUT2D eigenvalue weighted by Gasteiger charge is -2.25. The number of esters is 1. The molecule has 1 saturated heterocycles. The maximum absolute atomic E-state index is 12.3. The summed E-state index contributed by atoms with van der Waals surface area (Å²) in [7, 11) is 0. The molecule has 3 rings (SSSR count). The lowest BCUT2D eigenvalue weighted by atomic mass is 10.2. The number of benzene rings is 1. The van der Waals surface area contributed by atoms with Gasteiger partial charge in [-0.1, -0.05) is 12.1 Å². The summed E-state index contributed by atoms with van der Waals surface area (Å²) in [6, 6.07) is 10.5. The van der Waals surface area contributed by atoms with E-state index in [1.165, 1.54) is 0 Å². The summed E-state index contributed by atoms with van der Waals surface area (Å²) in [4.78, 5) is 25.6. The highest BCUT2D eigenvalue weighted by Crippen LogP contribution is 2.27. The molecule has 1 fully saturated rings. The summed E-state index contributed by atoms with van der Waals surface area (Å²) >= 11 is 0. The van der Waals surface area contributed by atoms with E-state index in [4.69, 9.17) is 19.0 Å². The third-order valence-corrected chi connectivity index (χ3v) is 4.42. The zero-order chi connectivity index (χ0) is 19.2. The van der Waals surface area contributed by atoms with Crippen LogP contribution < -0.4 is 4.90 Å². The van der Waals surface area contributed by atoms with Crippen LogP contribution in [0.2, 0.25) is 0 Å². The number of carbonyl (C=O) groups excluding carboxylic acids is 2. The monoisotopic (exact) mass is 373 g/mol. The van der Waals surface area contributed by atoms with Crippen LogP contribution in [-0.4, -0.2) is 36.2 Å². The molecule has 144 valence electrons. The summed E-state index contributed by atoms with van der Waals surface area (Å²) in [5, 5.41) is 9.15. The SMILES string of the molecule is CCOC(=O)c1ccc(COCC2CCC(=O)N2c2ccc(CO)cc2)o1. The van der Waals surface area contributed by atoms with Gasteiger partial charge in [0.15, 0.2) is 0 Å². The highest BCUT2D eigenvalue weighted by Gasteiger charge is 2.32. The molecule has 0 spiro atoms. The first-order valence-corrected chi connectivity index (χ1v) is 8.97. The molecule has 1 atom stereocenters. The Hall–Kier alpha value is -2.64. The van der Waals surface area contributed by atoms with Gasteiger partial charge in [-0.15, -0.1) is 0 Å². The fourth-order valence-electron chi connectivity index (χ4n) is 3.08. The summed E-state index contributed by atoms with van der Waals surface area (Å²) in [5.74, 6) is 0.240. The Kier molecular flexibility index (Phi) is 6.26. The summed E-state index contributed by atoms with van der Waals surface area (Å²) in [6.07, 6.45) is 1.19. The summed E-state index contributed by atoms with van der Waals surface area (Å²) in [5.41, 5.74) is 1.60. The number of nitrogens with zero attached hydrogens (tertiary/aromatic N) is 1. The van der Waals surface area contributed by atoms with Gasteiger partial charge in [0.05, 0.1) is 25.9 Å². The molecule has 1 amide bonds. The molecule has 1 aliphatic rings. The Labute approximate surface area is 157 Å². The Morgan fingerprint density at radius 2 is 2.04 bits per heavy atom. The molecule has 0 bridgehead atoms. The van der Waals surface area contributed by atoms with Crippen molar-refractivity contribution in [1.29, 1.82) is 0 Å². The lowest BCUT2D eigenvalue weighted by Crippen LogP contribution is -2.36. The van der Waals surface area contributed by atoms with Gasteiger partial charge in [0.1, 0.15) is 12.4 Å². The molecule has 0 aliphatic carbocycles. The lowest BCUT2D eigenvalue weighted by molar-refractivity contribution is -0.117. The van der Waals surface area contributed by atoms with Gasteiger partial charge in [-0.2, -0.15) is 0 Å². The summed E-state index contributed by atoms with van der Waals surface area (Å²) < 4.78 is 16.0. The van der Waals surface area contributed by atoms with E-state index in [0.29, 0.717) is 25.2 Å². The topological polar surface area (TPSA) is 89.2 Å². The minimum absolute atomic E-state index is 0.0301. The molecule has 7 heteroatoms. The normalized spacial score (nSPS) is 16.7. The van der Waals surface area contributed by atoms with E-state index < -0.39 is 5.97 Å². The van der Waals surface area contributed by atoms with Crippen molar-refractivity contribution >= 4 is 17.6 Å². The van der Waals surface area contributed by atoms with Crippen LogP contribution in [0.4, 0.5) is 5.69 Å². The number of amides is 1. The molecule has 1 aliphatic heterocycles. The number of ether oxygens (including phenoxy) is 2. The number of aliphatic hydroxyl groups is 1. The molecule has 1 N–H and O–H groups in total. The second kappa shape index (κ2) is 8.83. The van der Waals surface area contributed by atoms with E-state index >= 15 is 0 Å². The number of rotatable bonds is 8. The van der Waals surface area contributed by atoms with Crippen LogP contribution in [0, 0.1) is 0 Å². The van der Waals surface area contributed by atoms with Crippen molar-refractivity contribution in [1.82, 2.24) is 0 Å². The van der Waals surface area contributed by atoms with Crippen molar-refractivity contribution in [2.75, 3.05) is 18.1 Å². The van der Waals surface area contributed by atoms with Gasteiger partial charge >= 0.3 is 5.97 Å². The van der Waals surface area contributed by atoms with Gasteiger partial charge in [-0.25, -0.2) is 4.79 Å².